The molecule has 1 amide bonds. The van der Waals surface area contributed by atoms with E-state index >= 15 is 0 Å². The molecule has 6 heteroatoms. The van der Waals surface area contributed by atoms with Crippen LogP contribution in [0.4, 0.5) is 5.69 Å². The number of nitrogens with zero attached hydrogens (tertiary/aromatic N) is 4. The zero-order chi connectivity index (χ0) is 22.0. The lowest BCUT2D eigenvalue weighted by atomic mass is 10.0. The number of nitrogens with one attached hydrogen (secondary N) is 1. The number of rotatable bonds is 7. The number of aromatic amines is 1. The molecule has 3 aromatic heterocycles. The maximum Gasteiger partial charge on any atom is 0.271 e. The van der Waals surface area contributed by atoms with Crippen molar-refractivity contribution in [2.24, 2.45) is 0 Å². The van der Waals surface area contributed by atoms with Crippen LogP contribution in [-0.2, 0) is 0 Å². The van der Waals surface area contributed by atoms with E-state index in [1.54, 1.807) is 20.3 Å². The van der Waals surface area contributed by atoms with Crippen LogP contribution in [0.1, 0.15) is 37.2 Å². The van der Waals surface area contributed by atoms with Gasteiger partial charge in [-0.3, -0.25) is 4.79 Å². The zero-order valence-electron chi connectivity index (χ0n) is 18.6. The quantitative estimate of drug-likeness (QED) is 0.456. The third-order valence-corrected chi connectivity index (χ3v) is 5.51. The van der Waals surface area contributed by atoms with E-state index in [0.29, 0.717) is 5.69 Å². The Kier molecular flexibility index (Phi) is 5.89. The number of hydrogen-bond donors (Lipinski definition) is 1. The number of H-pyrrole nitrogens is 1. The van der Waals surface area contributed by atoms with Crippen molar-refractivity contribution in [2.75, 3.05) is 32.1 Å². The van der Waals surface area contributed by atoms with Gasteiger partial charge in [0.25, 0.3) is 5.91 Å². The largest absolute Gasteiger partial charge is 0.372 e. The average Bonchev–Trinajstić information content (AvgIpc) is 3.15. The number of benzene rings is 1. The second-order valence-electron chi connectivity index (χ2n) is 8.09. The van der Waals surface area contributed by atoms with E-state index in [1.807, 2.05) is 12.3 Å². The molecule has 0 atom stereocenters. The number of carbonyl (C=O) groups excluding carboxylic acids is 1. The van der Waals surface area contributed by atoms with E-state index in [4.69, 9.17) is 0 Å². The highest BCUT2D eigenvalue weighted by atomic mass is 16.2. The molecule has 0 unspecified atom stereocenters. The minimum absolute atomic E-state index is 0.111. The molecule has 160 valence electrons. The molecule has 4 rings (SSSR count). The van der Waals surface area contributed by atoms with Gasteiger partial charge in [0.2, 0.25) is 0 Å². The van der Waals surface area contributed by atoms with E-state index in [1.165, 1.54) is 10.6 Å². The number of anilines is 1. The van der Waals surface area contributed by atoms with Gasteiger partial charge in [0.05, 0.1) is 11.7 Å². The SMILES string of the molecule is CCCN(CCC)c1ccc(-c2cnc3[nH]c4cnc(C(=O)N(C)C)cc4c3c2)cc1. The van der Waals surface area contributed by atoms with E-state index < -0.39 is 0 Å². The summed E-state index contributed by atoms with van der Waals surface area (Å²) in [5.74, 6) is -0.111. The van der Waals surface area contributed by atoms with Crippen molar-refractivity contribution in [1.82, 2.24) is 19.9 Å². The van der Waals surface area contributed by atoms with Crippen LogP contribution in [0.15, 0.2) is 48.8 Å². The first-order valence-electron chi connectivity index (χ1n) is 10.9. The van der Waals surface area contributed by atoms with Crippen molar-refractivity contribution >= 4 is 33.5 Å². The Morgan fingerprint density at radius 1 is 0.903 bits per heavy atom. The standard InChI is InChI=1S/C25H29N5O/c1-5-11-30(12-6-2)19-9-7-17(8-10-19)18-13-21-20-14-22(25(31)29(3)4)26-16-23(20)28-24(21)27-15-18/h7-10,13-16H,5-6,11-12H2,1-4H3,(H,27,28). The molecular formula is C25H29N5O. The molecule has 0 saturated heterocycles. The summed E-state index contributed by atoms with van der Waals surface area (Å²) in [7, 11) is 3.46. The third-order valence-electron chi connectivity index (χ3n) is 5.51. The highest BCUT2D eigenvalue weighted by molar-refractivity contribution is 6.08. The molecule has 4 aromatic rings. The van der Waals surface area contributed by atoms with Crippen LogP contribution in [-0.4, -0.2) is 52.9 Å². The fraction of sp³-hybridized carbons (Fsp3) is 0.320. The minimum atomic E-state index is -0.111. The number of aromatic nitrogens is 3. The van der Waals surface area contributed by atoms with Crippen LogP contribution >= 0.6 is 0 Å². The lowest BCUT2D eigenvalue weighted by Gasteiger charge is -2.24. The minimum Gasteiger partial charge on any atom is -0.372 e. The summed E-state index contributed by atoms with van der Waals surface area (Å²) < 4.78 is 0. The van der Waals surface area contributed by atoms with Gasteiger partial charge >= 0.3 is 0 Å². The molecule has 3 heterocycles. The average molecular weight is 416 g/mol. The lowest BCUT2D eigenvalue weighted by Crippen LogP contribution is -2.24. The number of hydrogen-bond acceptors (Lipinski definition) is 4. The van der Waals surface area contributed by atoms with Crippen LogP contribution in [0.25, 0.3) is 33.1 Å². The molecule has 0 fully saturated rings. The first-order chi connectivity index (χ1) is 15.0. The lowest BCUT2D eigenvalue weighted by molar-refractivity contribution is 0.0822. The predicted octanol–water partition coefficient (Wildman–Crippen LogP) is 5.11. The molecule has 0 radical (unpaired) electrons. The smallest absolute Gasteiger partial charge is 0.271 e. The Labute approximate surface area is 182 Å². The second kappa shape index (κ2) is 8.76. The van der Waals surface area contributed by atoms with Crippen molar-refractivity contribution in [3.05, 3.63) is 54.5 Å². The number of amides is 1. The fourth-order valence-electron chi connectivity index (χ4n) is 3.95. The Morgan fingerprint density at radius 3 is 2.26 bits per heavy atom. The first kappa shape index (κ1) is 20.8. The molecular weight excluding hydrogens is 386 g/mol. The fourth-order valence-corrected chi connectivity index (χ4v) is 3.95. The number of pyridine rings is 2. The van der Waals surface area contributed by atoms with Crippen LogP contribution in [0.3, 0.4) is 0 Å². The molecule has 0 aliphatic carbocycles. The second-order valence-corrected chi connectivity index (χ2v) is 8.09. The number of carbonyl (C=O) groups is 1. The van der Waals surface area contributed by atoms with Gasteiger partial charge in [-0.1, -0.05) is 26.0 Å². The van der Waals surface area contributed by atoms with Crippen LogP contribution in [0.2, 0.25) is 0 Å². The topological polar surface area (TPSA) is 65.1 Å². The monoisotopic (exact) mass is 415 g/mol. The van der Waals surface area contributed by atoms with Gasteiger partial charge in [-0.05, 0) is 42.7 Å². The maximum absolute atomic E-state index is 12.3. The molecule has 0 aliphatic rings. The van der Waals surface area contributed by atoms with Crippen molar-refractivity contribution in [2.45, 2.75) is 26.7 Å². The van der Waals surface area contributed by atoms with E-state index in [-0.39, 0.29) is 5.91 Å². The van der Waals surface area contributed by atoms with Crippen LogP contribution < -0.4 is 4.90 Å². The molecule has 6 nitrogen and oxygen atoms in total. The van der Waals surface area contributed by atoms with E-state index in [0.717, 1.165) is 59.0 Å². The summed E-state index contributed by atoms with van der Waals surface area (Å²) in [6, 6.07) is 12.7. The first-order valence-corrected chi connectivity index (χ1v) is 10.9. The summed E-state index contributed by atoms with van der Waals surface area (Å²) >= 11 is 0. The Hall–Kier alpha value is -3.41. The van der Waals surface area contributed by atoms with E-state index in [2.05, 4.69) is 64.0 Å². The molecule has 0 spiro atoms. The van der Waals surface area contributed by atoms with Gasteiger partial charge < -0.3 is 14.8 Å². The van der Waals surface area contributed by atoms with Gasteiger partial charge in [-0.25, -0.2) is 9.97 Å². The van der Waals surface area contributed by atoms with Crippen LogP contribution in [0, 0.1) is 0 Å². The molecule has 0 aliphatic heterocycles. The summed E-state index contributed by atoms with van der Waals surface area (Å²) in [6.45, 7) is 6.56. The van der Waals surface area contributed by atoms with Crippen molar-refractivity contribution in [3.63, 3.8) is 0 Å². The molecule has 0 saturated carbocycles. The predicted molar refractivity (Wildman–Crippen MR) is 128 cm³/mol. The van der Waals surface area contributed by atoms with E-state index in [9.17, 15) is 4.79 Å². The molecule has 0 bridgehead atoms. The molecule has 1 aromatic carbocycles. The Balaban J connectivity index is 1.72. The number of fused-ring (bicyclic) bond motifs is 3. The Bertz CT molecular complexity index is 1200. The molecule has 31 heavy (non-hydrogen) atoms. The van der Waals surface area contributed by atoms with Gasteiger partial charge in [0.1, 0.15) is 11.3 Å². The van der Waals surface area contributed by atoms with Crippen molar-refractivity contribution < 1.29 is 4.79 Å². The Morgan fingerprint density at radius 2 is 1.61 bits per heavy atom. The third kappa shape index (κ3) is 4.10. The van der Waals surface area contributed by atoms with Crippen molar-refractivity contribution in [3.8, 4) is 11.1 Å². The maximum atomic E-state index is 12.3. The molecule has 1 N–H and O–H groups in total. The summed E-state index contributed by atoms with van der Waals surface area (Å²) in [6.07, 6.45) is 5.87. The van der Waals surface area contributed by atoms with Gasteiger partial charge in [-0.15, -0.1) is 0 Å². The van der Waals surface area contributed by atoms with Crippen molar-refractivity contribution in [1.29, 1.82) is 0 Å². The van der Waals surface area contributed by atoms with Gasteiger partial charge in [0.15, 0.2) is 0 Å². The van der Waals surface area contributed by atoms with Gasteiger partial charge in [0, 0.05) is 55.4 Å². The van der Waals surface area contributed by atoms with Crippen LogP contribution in [0.5, 0.6) is 0 Å². The summed E-state index contributed by atoms with van der Waals surface area (Å²) in [4.78, 5) is 28.6. The zero-order valence-corrected chi connectivity index (χ0v) is 18.6. The van der Waals surface area contributed by atoms with Gasteiger partial charge in [-0.2, -0.15) is 0 Å². The summed E-state index contributed by atoms with van der Waals surface area (Å²) in [5, 5.41) is 1.95. The highest BCUT2D eigenvalue weighted by Crippen LogP contribution is 2.30. The summed E-state index contributed by atoms with van der Waals surface area (Å²) in [5.41, 5.74) is 5.53. The normalized spacial score (nSPS) is 11.2. The highest BCUT2D eigenvalue weighted by Gasteiger charge is 2.14.